The highest BCUT2D eigenvalue weighted by Gasteiger charge is 2.03. The Morgan fingerprint density at radius 2 is 1.44 bits per heavy atom. The van der Waals surface area contributed by atoms with E-state index in [-0.39, 0.29) is 5.75 Å². The van der Waals surface area contributed by atoms with Crippen LogP contribution in [0.4, 0.5) is 0 Å². The molecule has 0 amide bonds. The fraction of sp³-hybridized carbons (Fsp3) is 0. The second kappa shape index (κ2) is 6.29. The molecule has 1 aromatic carbocycles. The van der Waals surface area contributed by atoms with E-state index in [0.717, 1.165) is 5.69 Å². The number of rotatable bonds is 1. The summed E-state index contributed by atoms with van der Waals surface area (Å²) in [5.74, 6) is 0.270. The molecule has 0 saturated heterocycles. The molecule has 2 rings (SSSR count). The van der Waals surface area contributed by atoms with Gasteiger partial charge < -0.3 is 5.11 Å². The molecule has 7 heteroatoms. The van der Waals surface area contributed by atoms with Crippen molar-refractivity contribution in [3.05, 3.63) is 54.9 Å². The van der Waals surface area contributed by atoms with Gasteiger partial charge in [-0.2, -0.15) is 4.57 Å². The zero-order valence-electron chi connectivity index (χ0n) is 9.10. The molecular weight excluding hydrogens is 262 g/mol. The Morgan fingerprint density at radius 3 is 1.94 bits per heavy atom. The molecule has 0 unspecified atom stereocenters. The molecule has 2 aromatic rings. The first-order valence-electron chi connectivity index (χ1n) is 4.74. The van der Waals surface area contributed by atoms with Crippen LogP contribution in [0.1, 0.15) is 0 Å². The summed E-state index contributed by atoms with van der Waals surface area (Å²) in [6.07, 6.45) is 3.57. The summed E-state index contributed by atoms with van der Waals surface area (Å²) in [4.78, 5) is 0. The highest BCUT2D eigenvalue weighted by Crippen LogP contribution is 2.04. The Balaban J connectivity index is 0.000000280. The van der Waals surface area contributed by atoms with Crippen LogP contribution in [0.25, 0.3) is 5.69 Å². The highest BCUT2D eigenvalue weighted by atomic mass is 35.7. The van der Waals surface area contributed by atoms with Crippen molar-refractivity contribution >= 4 is 0 Å². The SMILES string of the molecule is Oc1ccc[n+](-c2ccccc2)c1.[O-][Cl+3]([O-])([O-])[O-]. The number of hydrogen-bond acceptors (Lipinski definition) is 5. The van der Waals surface area contributed by atoms with E-state index in [4.69, 9.17) is 18.6 Å². The van der Waals surface area contributed by atoms with Gasteiger partial charge in [-0.25, -0.2) is 18.6 Å². The standard InChI is InChI=1S/C11H9NO.ClHO4/c13-11-7-4-8-12(9-11)10-5-2-1-3-6-10;2-1(3,4)5/h1-9H;(H,2,3,4,5). The quantitative estimate of drug-likeness (QED) is 0.552. The molecular formula is C11H10ClNO5. The highest BCUT2D eigenvalue weighted by molar-refractivity contribution is 5.22. The summed E-state index contributed by atoms with van der Waals surface area (Å²) in [6.45, 7) is 0. The van der Waals surface area contributed by atoms with Crippen LogP contribution in [0.3, 0.4) is 0 Å². The number of aromatic nitrogens is 1. The molecule has 0 aliphatic heterocycles. The van der Waals surface area contributed by atoms with Crippen LogP contribution in [0.2, 0.25) is 0 Å². The van der Waals surface area contributed by atoms with E-state index in [1.54, 1.807) is 12.3 Å². The Hall–Kier alpha value is -1.70. The van der Waals surface area contributed by atoms with E-state index in [0.29, 0.717) is 0 Å². The van der Waals surface area contributed by atoms with Gasteiger partial charge in [0.25, 0.3) is 0 Å². The minimum absolute atomic E-state index is 0.270. The zero-order valence-corrected chi connectivity index (χ0v) is 9.86. The average molecular weight is 272 g/mol. The lowest BCUT2D eigenvalue weighted by atomic mass is 10.3. The molecule has 0 saturated carbocycles. The lowest BCUT2D eigenvalue weighted by Gasteiger charge is -2.17. The fourth-order valence-electron chi connectivity index (χ4n) is 1.22. The van der Waals surface area contributed by atoms with Gasteiger partial charge in [0.1, 0.15) is 0 Å². The number of halogens is 1. The van der Waals surface area contributed by atoms with Crippen LogP contribution in [-0.2, 0) is 0 Å². The third-order valence-corrected chi connectivity index (χ3v) is 1.84. The maximum atomic E-state index is 9.25. The molecule has 96 valence electrons. The van der Waals surface area contributed by atoms with Crippen molar-refractivity contribution in [1.29, 1.82) is 0 Å². The van der Waals surface area contributed by atoms with Crippen molar-refractivity contribution in [1.82, 2.24) is 0 Å². The minimum atomic E-state index is -4.94. The maximum absolute atomic E-state index is 9.25. The van der Waals surface area contributed by atoms with Gasteiger partial charge in [-0.05, 0) is 6.07 Å². The van der Waals surface area contributed by atoms with E-state index in [1.807, 2.05) is 47.2 Å². The Kier molecular flexibility index (Phi) is 5.02. The maximum Gasteiger partial charge on any atom is 0.216 e. The van der Waals surface area contributed by atoms with Gasteiger partial charge in [0.2, 0.25) is 11.9 Å². The van der Waals surface area contributed by atoms with Crippen LogP contribution >= 0.6 is 0 Å². The molecule has 0 aliphatic carbocycles. The third-order valence-electron chi connectivity index (χ3n) is 1.84. The molecule has 0 aliphatic rings. The summed E-state index contributed by atoms with van der Waals surface area (Å²) >= 11 is 0. The summed E-state index contributed by atoms with van der Waals surface area (Å²) in [5, 5.41) is 9.25. The average Bonchev–Trinajstić information content (AvgIpc) is 2.28. The molecule has 6 nitrogen and oxygen atoms in total. The number of hydrogen-bond donors (Lipinski definition) is 1. The molecule has 0 spiro atoms. The number of para-hydroxylation sites is 1. The zero-order chi connectivity index (χ0) is 13.6. The first kappa shape index (κ1) is 14.4. The molecule has 1 aromatic heterocycles. The Bertz CT molecular complexity index is 480. The van der Waals surface area contributed by atoms with E-state index in [1.165, 1.54) is 0 Å². The minimum Gasteiger partial charge on any atom is -0.503 e. The second-order valence-corrected chi connectivity index (χ2v) is 3.94. The number of benzene rings is 1. The van der Waals surface area contributed by atoms with Crippen LogP contribution in [-0.4, -0.2) is 5.11 Å². The molecule has 0 atom stereocenters. The Morgan fingerprint density at radius 1 is 0.889 bits per heavy atom. The van der Waals surface area contributed by atoms with Crippen molar-refractivity contribution in [2.75, 3.05) is 0 Å². The second-order valence-electron chi connectivity index (χ2n) is 3.18. The van der Waals surface area contributed by atoms with Crippen LogP contribution < -0.4 is 23.2 Å². The summed E-state index contributed by atoms with van der Waals surface area (Å²) < 4.78 is 35.8. The van der Waals surface area contributed by atoms with Crippen molar-refractivity contribution in [3.8, 4) is 11.4 Å². The lowest BCUT2D eigenvalue weighted by Crippen LogP contribution is -2.68. The van der Waals surface area contributed by atoms with Gasteiger partial charge in [0.05, 0.1) is 0 Å². The largest absolute Gasteiger partial charge is 0.503 e. The van der Waals surface area contributed by atoms with Gasteiger partial charge in [-0.15, -0.1) is 10.2 Å². The Labute approximate surface area is 105 Å². The van der Waals surface area contributed by atoms with Gasteiger partial charge in [0, 0.05) is 18.2 Å². The molecule has 0 bridgehead atoms. The van der Waals surface area contributed by atoms with Crippen LogP contribution in [0.15, 0.2) is 54.9 Å². The van der Waals surface area contributed by atoms with E-state index in [2.05, 4.69) is 0 Å². The molecule has 1 heterocycles. The lowest BCUT2D eigenvalue weighted by molar-refractivity contribution is -2.00. The fourth-order valence-corrected chi connectivity index (χ4v) is 1.22. The van der Waals surface area contributed by atoms with Crippen molar-refractivity contribution in [2.45, 2.75) is 0 Å². The van der Waals surface area contributed by atoms with Crippen LogP contribution in [0, 0.1) is 10.2 Å². The third kappa shape index (κ3) is 6.14. The molecule has 1 N–H and O–H groups in total. The summed E-state index contributed by atoms with van der Waals surface area (Å²) in [6, 6.07) is 13.3. The first-order chi connectivity index (χ1) is 8.36. The van der Waals surface area contributed by atoms with Crippen LogP contribution in [0.5, 0.6) is 5.75 Å². The first-order valence-corrected chi connectivity index (χ1v) is 5.97. The van der Waals surface area contributed by atoms with Gasteiger partial charge in [0.15, 0.2) is 11.9 Å². The van der Waals surface area contributed by atoms with E-state index in [9.17, 15) is 5.11 Å². The van der Waals surface area contributed by atoms with E-state index >= 15 is 0 Å². The van der Waals surface area contributed by atoms with Crippen molar-refractivity contribution in [2.24, 2.45) is 0 Å². The van der Waals surface area contributed by atoms with Gasteiger partial charge in [-0.3, -0.25) is 0 Å². The number of pyridine rings is 1. The summed E-state index contributed by atoms with van der Waals surface area (Å²) in [7, 11) is -4.94. The normalized spacial score (nSPS) is 10.4. The monoisotopic (exact) mass is 271 g/mol. The molecule has 0 radical (unpaired) electrons. The smallest absolute Gasteiger partial charge is 0.216 e. The van der Waals surface area contributed by atoms with Gasteiger partial charge in [-0.1, -0.05) is 18.2 Å². The van der Waals surface area contributed by atoms with Gasteiger partial charge >= 0.3 is 0 Å². The van der Waals surface area contributed by atoms with Crippen molar-refractivity contribution in [3.63, 3.8) is 0 Å². The molecule has 18 heavy (non-hydrogen) atoms. The van der Waals surface area contributed by atoms with Crippen molar-refractivity contribution < 1.29 is 38.6 Å². The topological polar surface area (TPSA) is 116 Å². The number of nitrogens with zero attached hydrogens (tertiary/aromatic N) is 1. The predicted octanol–water partition coefficient (Wildman–Crippen LogP) is -3.09. The summed E-state index contributed by atoms with van der Waals surface area (Å²) in [5.41, 5.74) is 1.04. The predicted molar refractivity (Wildman–Crippen MR) is 49.6 cm³/mol. The van der Waals surface area contributed by atoms with E-state index < -0.39 is 10.2 Å². The molecule has 0 fully saturated rings. The number of aromatic hydroxyl groups is 1.